The average Bonchev–Trinajstić information content (AvgIpc) is 2.76. The lowest BCUT2D eigenvalue weighted by atomic mass is 10.0. The van der Waals surface area contributed by atoms with Crippen LogP contribution in [0.3, 0.4) is 0 Å². The molecular formula is C24H22NO4+. The maximum absolute atomic E-state index is 12.0. The first kappa shape index (κ1) is 17.8. The quantitative estimate of drug-likeness (QED) is 0.324. The number of fused-ring (bicyclic) bond motifs is 4. The summed E-state index contributed by atoms with van der Waals surface area (Å²) < 4.78 is 16.7. The molecule has 5 heteroatoms. The Hall–Kier alpha value is -3.31. The van der Waals surface area contributed by atoms with Gasteiger partial charge in [-0.3, -0.25) is 0 Å². The van der Waals surface area contributed by atoms with Crippen molar-refractivity contribution < 1.29 is 19.2 Å². The van der Waals surface area contributed by atoms with Crippen LogP contribution in [-0.4, -0.2) is 19.8 Å². The molecule has 0 aliphatic carbocycles. The Morgan fingerprint density at radius 2 is 1.76 bits per heavy atom. The number of quaternary nitrogens is 1. The van der Waals surface area contributed by atoms with Gasteiger partial charge in [-0.15, -0.1) is 0 Å². The number of ether oxygens (including phenoxy) is 2. The highest BCUT2D eigenvalue weighted by atomic mass is 16.6. The Morgan fingerprint density at radius 1 is 0.897 bits per heavy atom. The normalized spacial score (nSPS) is 13.1. The standard InChI is InChI=1S/C24H21NO4/c26-23-14-18(24-19-4-2-1-3-17(19)6-8-21(24)29-23)15-25-10-9-16-5-7-20-22(13-16)28-12-11-27-20/h1-8,13-14,25H,9-12,15H2/p+1. The van der Waals surface area contributed by atoms with Gasteiger partial charge in [-0.25, -0.2) is 4.79 Å². The van der Waals surface area contributed by atoms with E-state index in [1.54, 1.807) is 6.07 Å². The van der Waals surface area contributed by atoms with Crippen LogP contribution in [0.25, 0.3) is 21.7 Å². The predicted molar refractivity (Wildman–Crippen MR) is 112 cm³/mol. The van der Waals surface area contributed by atoms with Gasteiger partial charge in [0.1, 0.15) is 25.3 Å². The molecule has 29 heavy (non-hydrogen) atoms. The van der Waals surface area contributed by atoms with Crippen molar-refractivity contribution in [2.75, 3.05) is 19.8 Å². The van der Waals surface area contributed by atoms with E-state index in [4.69, 9.17) is 13.9 Å². The van der Waals surface area contributed by atoms with E-state index in [9.17, 15) is 4.79 Å². The molecule has 1 aliphatic rings. The van der Waals surface area contributed by atoms with Gasteiger partial charge in [0, 0.05) is 23.4 Å². The van der Waals surface area contributed by atoms with Gasteiger partial charge in [-0.05, 0) is 34.5 Å². The lowest BCUT2D eigenvalue weighted by Gasteiger charge is -2.18. The lowest BCUT2D eigenvalue weighted by molar-refractivity contribution is -0.669. The molecule has 146 valence electrons. The largest absolute Gasteiger partial charge is 0.486 e. The Labute approximate surface area is 167 Å². The van der Waals surface area contributed by atoms with Gasteiger partial charge in [-0.1, -0.05) is 36.4 Å². The first-order valence-electron chi connectivity index (χ1n) is 9.92. The van der Waals surface area contributed by atoms with Crippen molar-refractivity contribution in [1.29, 1.82) is 0 Å². The van der Waals surface area contributed by atoms with E-state index in [-0.39, 0.29) is 5.63 Å². The van der Waals surface area contributed by atoms with Crippen LogP contribution in [0.4, 0.5) is 0 Å². The minimum Gasteiger partial charge on any atom is -0.486 e. The summed E-state index contributed by atoms with van der Waals surface area (Å²) in [5.74, 6) is 1.64. The molecule has 1 aliphatic heterocycles. The second kappa shape index (κ2) is 7.60. The summed E-state index contributed by atoms with van der Waals surface area (Å²) in [6, 6.07) is 19.8. The third kappa shape index (κ3) is 3.57. The van der Waals surface area contributed by atoms with Crippen molar-refractivity contribution in [3.05, 3.63) is 82.2 Å². The minimum absolute atomic E-state index is 0.303. The van der Waals surface area contributed by atoms with E-state index in [0.29, 0.717) is 18.8 Å². The smallest absolute Gasteiger partial charge is 0.336 e. The molecule has 0 fully saturated rings. The number of hydrogen-bond acceptors (Lipinski definition) is 4. The van der Waals surface area contributed by atoms with Crippen molar-refractivity contribution in [2.45, 2.75) is 13.0 Å². The van der Waals surface area contributed by atoms with Crippen LogP contribution in [-0.2, 0) is 13.0 Å². The third-order valence-electron chi connectivity index (χ3n) is 5.32. The minimum atomic E-state index is -0.303. The number of rotatable bonds is 5. The lowest BCUT2D eigenvalue weighted by Crippen LogP contribution is -2.83. The van der Waals surface area contributed by atoms with Crippen molar-refractivity contribution in [2.24, 2.45) is 0 Å². The van der Waals surface area contributed by atoms with Crippen LogP contribution in [0, 0.1) is 0 Å². The topological polar surface area (TPSA) is 65.3 Å². The Balaban J connectivity index is 1.34. The van der Waals surface area contributed by atoms with E-state index < -0.39 is 0 Å². The molecule has 0 saturated heterocycles. The van der Waals surface area contributed by atoms with Crippen LogP contribution < -0.4 is 20.4 Å². The van der Waals surface area contributed by atoms with Crippen molar-refractivity contribution >= 4 is 21.7 Å². The maximum Gasteiger partial charge on any atom is 0.336 e. The number of nitrogens with two attached hydrogens (primary N) is 1. The molecule has 0 radical (unpaired) electrons. The Morgan fingerprint density at radius 3 is 2.69 bits per heavy atom. The zero-order valence-electron chi connectivity index (χ0n) is 16.0. The van der Waals surface area contributed by atoms with Crippen LogP contribution >= 0.6 is 0 Å². The zero-order chi connectivity index (χ0) is 19.6. The second-order valence-electron chi connectivity index (χ2n) is 7.26. The molecule has 1 aromatic heterocycles. The SMILES string of the molecule is O=c1cc(C[NH2+]CCc2ccc3c(c2)OCCO3)c2c(ccc3ccccc32)o1. The molecule has 0 saturated carbocycles. The monoisotopic (exact) mass is 388 g/mol. The van der Waals surface area contributed by atoms with Gasteiger partial charge in [0.2, 0.25) is 0 Å². The Kier molecular flexibility index (Phi) is 4.66. The van der Waals surface area contributed by atoms with Gasteiger partial charge in [0.05, 0.1) is 6.54 Å². The zero-order valence-corrected chi connectivity index (χ0v) is 16.0. The molecule has 0 spiro atoms. The first-order chi connectivity index (χ1) is 14.3. The molecule has 0 atom stereocenters. The fourth-order valence-electron chi connectivity index (χ4n) is 3.95. The molecule has 4 aromatic rings. The summed E-state index contributed by atoms with van der Waals surface area (Å²) >= 11 is 0. The van der Waals surface area contributed by atoms with Crippen molar-refractivity contribution in [3.63, 3.8) is 0 Å². The van der Waals surface area contributed by atoms with Crippen molar-refractivity contribution in [3.8, 4) is 11.5 Å². The van der Waals surface area contributed by atoms with Crippen LogP contribution in [0.1, 0.15) is 11.1 Å². The summed E-state index contributed by atoms with van der Waals surface area (Å²) in [5.41, 5.74) is 2.57. The van der Waals surface area contributed by atoms with Gasteiger partial charge < -0.3 is 19.2 Å². The molecule has 0 unspecified atom stereocenters. The molecule has 0 amide bonds. The highest BCUT2D eigenvalue weighted by Gasteiger charge is 2.13. The number of benzene rings is 3. The van der Waals surface area contributed by atoms with Gasteiger partial charge in [0.25, 0.3) is 0 Å². The Bertz CT molecular complexity index is 1240. The molecule has 5 nitrogen and oxygen atoms in total. The highest BCUT2D eigenvalue weighted by Crippen LogP contribution is 2.31. The van der Waals surface area contributed by atoms with E-state index in [1.165, 1.54) is 5.56 Å². The molecule has 5 rings (SSSR count). The summed E-state index contributed by atoms with van der Waals surface area (Å²) in [6.07, 6.45) is 0.913. The van der Waals surface area contributed by atoms with E-state index in [2.05, 4.69) is 29.6 Å². The highest BCUT2D eigenvalue weighted by molar-refractivity contribution is 6.06. The van der Waals surface area contributed by atoms with Gasteiger partial charge in [-0.2, -0.15) is 0 Å². The fourth-order valence-corrected chi connectivity index (χ4v) is 3.95. The molecule has 2 heterocycles. The molecular weight excluding hydrogens is 366 g/mol. The first-order valence-corrected chi connectivity index (χ1v) is 9.92. The summed E-state index contributed by atoms with van der Waals surface area (Å²) in [6.45, 7) is 2.83. The third-order valence-corrected chi connectivity index (χ3v) is 5.32. The number of hydrogen-bond donors (Lipinski definition) is 1. The van der Waals surface area contributed by atoms with Crippen molar-refractivity contribution in [1.82, 2.24) is 0 Å². The summed E-state index contributed by atoms with van der Waals surface area (Å²) in [4.78, 5) is 12.0. The average molecular weight is 388 g/mol. The molecule has 3 aromatic carbocycles. The second-order valence-corrected chi connectivity index (χ2v) is 7.26. The van der Waals surface area contributed by atoms with E-state index in [0.717, 1.165) is 52.7 Å². The van der Waals surface area contributed by atoms with Crippen LogP contribution in [0.5, 0.6) is 11.5 Å². The van der Waals surface area contributed by atoms with Crippen LogP contribution in [0.15, 0.2) is 69.9 Å². The molecule has 2 N–H and O–H groups in total. The van der Waals surface area contributed by atoms with Crippen LogP contribution in [0.2, 0.25) is 0 Å². The molecule has 0 bridgehead atoms. The maximum atomic E-state index is 12.0. The van der Waals surface area contributed by atoms with E-state index >= 15 is 0 Å². The predicted octanol–water partition coefficient (Wildman–Crippen LogP) is 3.02. The fraction of sp³-hybridized carbons (Fsp3) is 0.208. The van der Waals surface area contributed by atoms with Gasteiger partial charge >= 0.3 is 5.63 Å². The van der Waals surface area contributed by atoms with E-state index in [1.807, 2.05) is 30.3 Å². The summed E-state index contributed by atoms with van der Waals surface area (Å²) in [5, 5.41) is 5.51. The van der Waals surface area contributed by atoms with Gasteiger partial charge in [0.15, 0.2) is 11.5 Å². The summed E-state index contributed by atoms with van der Waals surface area (Å²) in [7, 11) is 0.